The Morgan fingerprint density at radius 2 is 1.80 bits per heavy atom. The molecule has 1 unspecified atom stereocenters. The molecule has 0 N–H and O–H groups in total. The van der Waals surface area contributed by atoms with Gasteiger partial charge in [-0.2, -0.15) is 0 Å². The van der Waals surface area contributed by atoms with Gasteiger partial charge in [0.25, 0.3) is 11.8 Å². The van der Waals surface area contributed by atoms with Crippen molar-refractivity contribution in [1.29, 1.82) is 0 Å². The molecular formula is C24H22N2O3S. The van der Waals surface area contributed by atoms with Crippen LogP contribution < -0.4 is 4.90 Å². The van der Waals surface area contributed by atoms with Crippen LogP contribution in [0.25, 0.3) is 0 Å². The lowest BCUT2D eigenvalue weighted by Gasteiger charge is -2.27. The average molecular weight is 419 g/mol. The summed E-state index contributed by atoms with van der Waals surface area (Å²) in [5, 5.41) is 1.94. The summed E-state index contributed by atoms with van der Waals surface area (Å²) in [6.07, 6.45) is -0.0182. The van der Waals surface area contributed by atoms with E-state index in [-0.39, 0.29) is 30.7 Å². The third-order valence-corrected chi connectivity index (χ3v) is 6.08. The standard InChI is InChI=1S/C24H22N2O3S/c1-16-8-10-19(11-9-16)26-22(27)14-21(24(26)29)25(15-20-7-4-12-30-20)23(28)18-6-3-5-17(2)13-18/h3-13,21H,14-15H2,1-2H3. The first-order valence-corrected chi connectivity index (χ1v) is 10.7. The number of hydrogen-bond acceptors (Lipinski definition) is 4. The molecule has 0 radical (unpaired) electrons. The zero-order chi connectivity index (χ0) is 21.3. The SMILES string of the molecule is Cc1ccc(N2C(=O)CC(N(Cc3cccs3)C(=O)c3cccc(C)c3)C2=O)cc1. The number of carbonyl (C=O) groups is 3. The van der Waals surface area contributed by atoms with E-state index in [1.165, 1.54) is 21.1 Å². The summed E-state index contributed by atoms with van der Waals surface area (Å²) in [6.45, 7) is 4.16. The van der Waals surface area contributed by atoms with Gasteiger partial charge < -0.3 is 4.90 Å². The number of thiophene rings is 1. The quantitative estimate of drug-likeness (QED) is 0.579. The molecule has 0 spiro atoms. The third-order valence-electron chi connectivity index (χ3n) is 5.22. The largest absolute Gasteiger partial charge is 0.321 e. The molecule has 6 heteroatoms. The highest BCUT2D eigenvalue weighted by molar-refractivity contribution is 7.09. The van der Waals surface area contributed by atoms with Crippen molar-refractivity contribution < 1.29 is 14.4 Å². The van der Waals surface area contributed by atoms with Gasteiger partial charge in [-0.05, 0) is 49.6 Å². The number of carbonyl (C=O) groups excluding carboxylic acids is 3. The Morgan fingerprint density at radius 3 is 2.47 bits per heavy atom. The van der Waals surface area contributed by atoms with Gasteiger partial charge in [0.1, 0.15) is 6.04 Å². The molecule has 1 aromatic heterocycles. The second kappa shape index (κ2) is 8.24. The Morgan fingerprint density at radius 1 is 1.03 bits per heavy atom. The molecular weight excluding hydrogens is 396 g/mol. The molecule has 1 atom stereocenters. The van der Waals surface area contributed by atoms with Crippen LogP contribution in [0, 0.1) is 13.8 Å². The van der Waals surface area contributed by atoms with E-state index >= 15 is 0 Å². The van der Waals surface area contributed by atoms with Gasteiger partial charge in [-0.3, -0.25) is 14.4 Å². The lowest BCUT2D eigenvalue weighted by Crippen LogP contribution is -2.45. The monoisotopic (exact) mass is 418 g/mol. The Kier molecular flexibility index (Phi) is 5.50. The molecule has 3 aromatic rings. The van der Waals surface area contributed by atoms with E-state index < -0.39 is 6.04 Å². The number of nitrogens with zero attached hydrogens (tertiary/aromatic N) is 2. The lowest BCUT2D eigenvalue weighted by atomic mass is 10.1. The van der Waals surface area contributed by atoms with Crippen LogP contribution in [0.5, 0.6) is 0 Å². The fourth-order valence-corrected chi connectivity index (χ4v) is 4.37. The van der Waals surface area contributed by atoms with Crippen LogP contribution in [0.4, 0.5) is 5.69 Å². The maximum atomic E-state index is 13.4. The molecule has 1 aliphatic heterocycles. The summed E-state index contributed by atoms with van der Waals surface area (Å²) in [5.74, 6) is -0.896. The maximum absolute atomic E-state index is 13.4. The van der Waals surface area contributed by atoms with E-state index in [0.29, 0.717) is 11.3 Å². The van der Waals surface area contributed by atoms with E-state index in [9.17, 15) is 14.4 Å². The predicted octanol–water partition coefficient (Wildman–Crippen LogP) is 4.34. The normalized spacial score (nSPS) is 16.2. The van der Waals surface area contributed by atoms with Gasteiger partial charge >= 0.3 is 0 Å². The van der Waals surface area contributed by atoms with Crippen molar-refractivity contribution in [2.75, 3.05) is 4.90 Å². The van der Waals surface area contributed by atoms with Crippen LogP contribution in [0.1, 0.15) is 32.8 Å². The fourth-order valence-electron chi connectivity index (χ4n) is 3.66. The summed E-state index contributed by atoms with van der Waals surface area (Å²) in [7, 11) is 0. The summed E-state index contributed by atoms with van der Waals surface area (Å²) >= 11 is 1.52. The molecule has 4 rings (SSSR count). The van der Waals surface area contributed by atoms with Crippen LogP contribution in [-0.4, -0.2) is 28.7 Å². The first-order chi connectivity index (χ1) is 14.4. The number of aryl methyl sites for hydroxylation is 2. The molecule has 0 bridgehead atoms. The molecule has 5 nitrogen and oxygen atoms in total. The minimum Gasteiger partial charge on any atom is -0.321 e. The van der Waals surface area contributed by atoms with Gasteiger partial charge in [0.2, 0.25) is 5.91 Å². The molecule has 2 aromatic carbocycles. The zero-order valence-corrected chi connectivity index (χ0v) is 17.7. The van der Waals surface area contributed by atoms with Gasteiger partial charge in [-0.1, -0.05) is 41.5 Å². The van der Waals surface area contributed by atoms with Gasteiger partial charge in [0.05, 0.1) is 18.7 Å². The predicted molar refractivity (Wildman–Crippen MR) is 117 cm³/mol. The van der Waals surface area contributed by atoms with Crippen LogP contribution in [0.3, 0.4) is 0 Å². The van der Waals surface area contributed by atoms with E-state index in [0.717, 1.165) is 16.0 Å². The molecule has 3 amide bonds. The van der Waals surface area contributed by atoms with Crippen LogP contribution >= 0.6 is 11.3 Å². The molecule has 0 saturated carbocycles. The summed E-state index contributed by atoms with van der Waals surface area (Å²) in [4.78, 5) is 43.2. The van der Waals surface area contributed by atoms with Crippen molar-refractivity contribution in [1.82, 2.24) is 4.90 Å². The van der Waals surface area contributed by atoms with Crippen molar-refractivity contribution in [3.63, 3.8) is 0 Å². The number of amides is 3. The molecule has 2 heterocycles. The highest BCUT2D eigenvalue weighted by Gasteiger charge is 2.44. The zero-order valence-electron chi connectivity index (χ0n) is 16.9. The number of rotatable bonds is 5. The molecule has 152 valence electrons. The first-order valence-electron chi connectivity index (χ1n) is 9.77. The molecule has 1 fully saturated rings. The minimum atomic E-state index is -0.825. The first kappa shape index (κ1) is 20.0. The van der Waals surface area contributed by atoms with Crippen molar-refractivity contribution >= 4 is 34.7 Å². The summed E-state index contributed by atoms with van der Waals surface area (Å²) in [6, 6.07) is 17.6. The third kappa shape index (κ3) is 3.91. The highest BCUT2D eigenvalue weighted by Crippen LogP contribution is 2.28. The van der Waals surface area contributed by atoms with Crippen molar-refractivity contribution in [3.8, 4) is 0 Å². The smallest absolute Gasteiger partial charge is 0.257 e. The summed E-state index contributed by atoms with van der Waals surface area (Å²) < 4.78 is 0. The number of hydrogen-bond donors (Lipinski definition) is 0. The number of anilines is 1. The molecule has 1 aliphatic rings. The second-order valence-electron chi connectivity index (χ2n) is 7.50. The molecule has 30 heavy (non-hydrogen) atoms. The van der Waals surface area contributed by atoms with Crippen LogP contribution in [-0.2, 0) is 16.1 Å². The fraction of sp³-hybridized carbons (Fsp3) is 0.208. The van der Waals surface area contributed by atoms with Gasteiger partial charge in [0.15, 0.2) is 0 Å². The van der Waals surface area contributed by atoms with Gasteiger partial charge in [-0.15, -0.1) is 11.3 Å². The Labute approximate surface area is 179 Å². The van der Waals surface area contributed by atoms with Gasteiger partial charge in [0, 0.05) is 10.4 Å². The molecule has 0 aliphatic carbocycles. The Bertz CT molecular complexity index is 1090. The Balaban J connectivity index is 1.68. The topological polar surface area (TPSA) is 57.7 Å². The molecule has 1 saturated heterocycles. The second-order valence-corrected chi connectivity index (χ2v) is 8.54. The minimum absolute atomic E-state index is 0.0182. The van der Waals surface area contributed by atoms with E-state index in [1.807, 2.05) is 61.7 Å². The van der Waals surface area contributed by atoms with E-state index in [1.54, 1.807) is 18.2 Å². The van der Waals surface area contributed by atoms with Crippen molar-refractivity contribution in [3.05, 3.63) is 87.6 Å². The van der Waals surface area contributed by atoms with Gasteiger partial charge in [-0.25, -0.2) is 4.90 Å². The van der Waals surface area contributed by atoms with E-state index in [2.05, 4.69) is 0 Å². The lowest BCUT2D eigenvalue weighted by molar-refractivity contribution is -0.122. The van der Waals surface area contributed by atoms with E-state index in [4.69, 9.17) is 0 Å². The van der Waals surface area contributed by atoms with Crippen LogP contribution in [0.2, 0.25) is 0 Å². The highest BCUT2D eigenvalue weighted by atomic mass is 32.1. The summed E-state index contributed by atoms with van der Waals surface area (Å²) in [5.41, 5.74) is 3.06. The maximum Gasteiger partial charge on any atom is 0.257 e. The average Bonchev–Trinajstić information content (AvgIpc) is 3.34. The van der Waals surface area contributed by atoms with Crippen LogP contribution in [0.15, 0.2) is 66.0 Å². The Hall–Kier alpha value is -3.25. The number of imide groups is 1. The van der Waals surface area contributed by atoms with Crippen molar-refractivity contribution in [2.24, 2.45) is 0 Å². The van der Waals surface area contributed by atoms with Crippen molar-refractivity contribution in [2.45, 2.75) is 32.9 Å². The number of benzene rings is 2.